The van der Waals surface area contributed by atoms with Crippen LogP contribution in [0, 0.1) is 20.8 Å². The minimum atomic E-state index is -0.833. The van der Waals surface area contributed by atoms with Gasteiger partial charge in [0, 0.05) is 31.6 Å². The topological polar surface area (TPSA) is 123 Å². The van der Waals surface area contributed by atoms with Crippen molar-refractivity contribution in [3.63, 3.8) is 0 Å². The summed E-state index contributed by atoms with van der Waals surface area (Å²) >= 11 is 0. The van der Waals surface area contributed by atoms with Crippen molar-refractivity contribution < 1.29 is 23.8 Å². The summed E-state index contributed by atoms with van der Waals surface area (Å²) in [5.74, 6) is -0.310. The second-order valence-corrected chi connectivity index (χ2v) is 7.30. The molecule has 0 saturated carbocycles. The van der Waals surface area contributed by atoms with E-state index in [-0.39, 0.29) is 24.2 Å². The van der Waals surface area contributed by atoms with Gasteiger partial charge in [0.05, 0.1) is 5.39 Å². The Bertz CT molecular complexity index is 954. The Morgan fingerprint density at radius 3 is 2.38 bits per heavy atom. The molecule has 0 bridgehead atoms. The molecular weight excluding hydrogens is 376 g/mol. The van der Waals surface area contributed by atoms with E-state index in [2.05, 4.69) is 0 Å². The zero-order valence-electron chi connectivity index (χ0n) is 17.3. The number of hydrogen-bond acceptors (Lipinski definition) is 6. The molecule has 0 radical (unpaired) electrons. The predicted octanol–water partition coefficient (Wildman–Crippen LogP) is 2.14. The molecule has 3 rings (SSSR count). The Kier molecular flexibility index (Phi) is 7.39. The minimum absolute atomic E-state index is 0.0363. The van der Waals surface area contributed by atoms with Gasteiger partial charge in [0.1, 0.15) is 11.3 Å². The van der Waals surface area contributed by atoms with E-state index in [0.29, 0.717) is 30.0 Å². The van der Waals surface area contributed by atoms with Crippen LogP contribution in [0.25, 0.3) is 11.0 Å². The predicted molar refractivity (Wildman–Crippen MR) is 109 cm³/mol. The zero-order valence-corrected chi connectivity index (χ0v) is 17.3. The number of likely N-dealkylation sites (tertiary alicyclic amines) is 1. The Hall–Kier alpha value is -2.87. The van der Waals surface area contributed by atoms with Crippen molar-refractivity contribution in [3.05, 3.63) is 39.2 Å². The molecule has 2 heterocycles. The number of piperidine rings is 1. The first-order chi connectivity index (χ1) is 13.6. The number of carboxylic acids is 1. The zero-order chi connectivity index (χ0) is 21.7. The number of carbonyl (C=O) groups is 2. The fourth-order valence-electron chi connectivity index (χ4n) is 3.18. The van der Waals surface area contributed by atoms with Gasteiger partial charge in [0.25, 0.3) is 11.9 Å². The summed E-state index contributed by atoms with van der Waals surface area (Å²) in [4.78, 5) is 35.1. The standard InChI is InChI=1S/C19H24N2O4.C2H4O2/c1-11-8-15(18-12(2)13(3)19(23)25-16(18)9-11)24-10-17(22)21-6-4-14(20)5-7-21;1-2(3)4/h8-9,14H,4-7,10,20H2,1-3H3;1H3,(H,3,4). The second-order valence-electron chi connectivity index (χ2n) is 7.30. The lowest BCUT2D eigenvalue weighted by Gasteiger charge is -2.30. The number of fused-ring (bicyclic) bond motifs is 1. The van der Waals surface area contributed by atoms with Crippen LogP contribution in [0.4, 0.5) is 0 Å². The summed E-state index contributed by atoms with van der Waals surface area (Å²) in [5, 5.41) is 8.16. The van der Waals surface area contributed by atoms with Gasteiger partial charge in [-0.25, -0.2) is 4.79 Å². The molecule has 0 aliphatic carbocycles. The molecule has 0 unspecified atom stereocenters. The molecule has 1 aromatic heterocycles. The largest absolute Gasteiger partial charge is 0.483 e. The quantitative estimate of drug-likeness (QED) is 0.751. The number of nitrogens with two attached hydrogens (primary N) is 1. The monoisotopic (exact) mass is 404 g/mol. The van der Waals surface area contributed by atoms with Crippen molar-refractivity contribution in [1.29, 1.82) is 0 Å². The molecule has 1 amide bonds. The summed E-state index contributed by atoms with van der Waals surface area (Å²) in [6, 6.07) is 3.86. The molecular formula is C21H28N2O6. The van der Waals surface area contributed by atoms with E-state index in [1.807, 2.05) is 26.0 Å². The number of aryl methyl sites for hydroxylation is 2. The molecule has 158 valence electrons. The number of rotatable bonds is 3. The minimum Gasteiger partial charge on any atom is -0.483 e. The first kappa shape index (κ1) is 22.4. The van der Waals surface area contributed by atoms with Crippen molar-refractivity contribution in [2.45, 2.75) is 46.6 Å². The Morgan fingerprint density at radius 1 is 1.21 bits per heavy atom. The third-order valence-corrected chi connectivity index (χ3v) is 4.90. The number of carboxylic acid groups (broad SMARTS) is 1. The number of aliphatic carboxylic acids is 1. The molecule has 3 N–H and O–H groups in total. The highest BCUT2D eigenvalue weighted by Crippen LogP contribution is 2.30. The second kappa shape index (κ2) is 9.56. The maximum absolute atomic E-state index is 12.4. The number of amides is 1. The molecule has 0 atom stereocenters. The van der Waals surface area contributed by atoms with E-state index in [1.165, 1.54) is 0 Å². The van der Waals surface area contributed by atoms with E-state index < -0.39 is 5.97 Å². The van der Waals surface area contributed by atoms with Crippen LogP contribution in [-0.4, -0.2) is 47.6 Å². The van der Waals surface area contributed by atoms with Crippen LogP contribution in [0.15, 0.2) is 21.3 Å². The Labute approximate surface area is 169 Å². The summed E-state index contributed by atoms with van der Waals surface area (Å²) in [6.45, 7) is 7.88. The van der Waals surface area contributed by atoms with Crippen LogP contribution < -0.4 is 16.1 Å². The van der Waals surface area contributed by atoms with E-state index in [0.717, 1.165) is 36.3 Å². The average Bonchev–Trinajstić information content (AvgIpc) is 2.63. The number of hydrogen-bond donors (Lipinski definition) is 2. The maximum atomic E-state index is 12.4. The van der Waals surface area contributed by atoms with E-state index in [1.54, 1.807) is 11.8 Å². The molecule has 8 heteroatoms. The van der Waals surface area contributed by atoms with Crippen LogP contribution in [0.1, 0.15) is 36.5 Å². The van der Waals surface area contributed by atoms with Gasteiger partial charge < -0.3 is 24.9 Å². The molecule has 1 aliphatic heterocycles. The Morgan fingerprint density at radius 2 is 1.79 bits per heavy atom. The van der Waals surface area contributed by atoms with Crippen LogP contribution in [0.5, 0.6) is 5.75 Å². The fourth-order valence-corrected chi connectivity index (χ4v) is 3.18. The van der Waals surface area contributed by atoms with Crippen LogP contribution in [0.3, 0.4) is 0 Å². The SMILES string of the molecule is CC(=O)O.Cc1cc(OCC(=O)N2CCC(N)CC2)c2c(C)c(C)c(=O)oc2c1. The van der Waals surface area contributed by atoms with E-state index >= 15 is 0 Å². The van der Waals surface area contributed by atoms with Gasteiger partial charge in [-0.15, -0.1) is 0 Å². The van der Waals surface area contributed by atoms with Gasteiger partial charge in [-0.05, 0) is 56.9 Å². The normalized spacial score (nSPS) is 14.3. The Balaban J connectivity index is 0.000000687. The fraction of sp³-hybridized carbons (Fsp3) is 0.476. The van der Waals surface area contributed by atoms with Gasteiger partial charge in [-0.3, -0.25) is 9.59 Å². The van der Waals surface area contributed by atoms with Crippen molar-refractivity contribution in [2.75, 3.05) is 19.7 Å². The lowest BCUT2D eigenvalue weighted by molar-refractivity contribution is -0.135. The van der Waals surface area contributed by atoms with Crippen LogP contribution in [0.2, 0.25) is 0 Å². The third-order valence-electron chi connectivity index (χ3n) is 4.90. The smallest absolute Gasteiger partial charge is 0.339 e. The lowest BCUT2D eigenvalue weighted by atomic mass is 10.0. The van der Waals surface area contributed by atoms with Gasteiger partial charge in [-0.2, -0.15) is 0 Å². The molecule has 1 aromatic carbocycles. The van der Waals surface area contributed by atoms with Crippen molar-refractivity contribution in [3.8, 4) is 5.75 Å². The molecule has 0 spiro atoms. The van der Waals surface area contributed by atoms with Gasteiger partial charge >= 0.3 is 5.63 Å². The molecule has 29 heavy (non-hydrogen) atoms. The summed E-state index contributed by atoms with van der Waals surface area (Å²) < 4.78 is 11.2. The highest BCUT2D eigenvalue weighted by molar-refractivity contribution is 5.88. The summed E-state index contributed by atoms with van der Waals surface area (Å²) in [7, 11) is 0. The van der Waals surface area contributed by atoms with Crippen molar-refractivity contribution in [1.82, 2.24) is 4.90 Å². The van der Waals surface area contributed by atoms with Crippen LogP contribution in [-0.2, 0) is 9.59 Å². The number of benzene rings is 1. The van der Waals surface area contributed by atoms with E-state index in [9.17, 15) is 9.59 Å². The number of carbonyl (C=O) groups excluding carboxylic acids is 1. The molecule has 1 fully saturated rings. The number of nitrogens with zero attached hydrogens (tertiary/aromatic N) is 1. The number of ether oxygens (including phenoxy) is 1. The molecule has 1 aliphatic rings. The van der Waals surface area contributed by atoms with Crippen LogP contribution >= 0.6 is 0 Å². The van der Waals surface area contributed by atoms with E-state index in [4.69, 9.17) is 24.8 Å². The maximum Gasteiger partial charge on any atom is 0.339 e. The highest BCUT2D eigenvalue weighted by atomic mass is 16.5. The van der Waals surface area contributed by atoms with Gasteiger partial charge in [0.15, 0.2) is 6.61 Å². The van der Waals surface area contributed by atoms with Crippen molar-refractivity contribution >= 4 is 22.8 Å². The molecule has 2 aromatic rings. The van der Waals surface area contributed by atoms with Crippen molar-refractivity contribution in [2.24, 2.45) is 5.73 Å². The van der Waals surface area contributed by atoms with Gasteiger partial charge in [0.2, 0.25) is 0 Å². The summed E-state index contributed by atoms with van der Waals surface area (Å²) in [5.41, 5.74) is 8.30. The highest BCUT2D eigenvalue weighted by Gasteiger charge is 2.21. The lowest BCUT2D eigenvalue weighted by Crippen LogP contribution is -2.44. The first-order valence-corrected chi connectivity index (χ1v) is 9.50. The first-order valence-electron chi connectivity index (χ1n) is 9.50. The summed E-state index contributed by atoms with van der Waals surface area (Å²) in [6.07, 6.45) is 1.64. The van der Waals surface area contributed by atoms with Gasteiger partial charge in [-0.1, -0.05) is 0 Å². The third kappa shape index (κ3) is 5.80. The average molecular weight is 404 g/mol. The molecule has 8 nitrogen and oxygen atoms in total. The molecule has 1 saturated heterocycles.